The van der Waals surface area contributed by atoms with Crippen molar-refractivity contribution in [1.82, 2.24) is 0 Å². The van der Waals surface area contributed by atoms with Gasteiger partial charge in [0, 0.05) is 0 Å². The molecule has 0 radical (unpaired) electrons. The third kappa shape index (κ3) is 4.64. The zero-order chi connectivity index (χ0) is 21.8. The SMILES string of the molecule is CC(C)(C)[Si](OC(=O)c1cccc(OC(=S)Cl)c1)(c1ccccc1)c1ccccc1. The van der Waals surface area contributed by atoms with Crippen LogP contribution in [0.1, 0.15) is 31.1 Å². The van der Waals surface area contributed by atoms with Gasteiger partial charge >= 0.3 is 14.3 Å². The molecule has 0 aliphatic carbocycles. The molecule has 0 N–H and O–H groups in total. The van der Waals surface area contributed by atoms with E-state index in [1.807, 2.05) is 60.7 Å². The molecular formula is C24H23ClO3SSi. The van der Waals surface area contributed by atoms with Gasteiger partial charge in [0.1, 0.15) is 5.75 Å². The lowest BCUT2D eigenvalue weighted by molar-refractivity contribution is 0.0718. The van der Waals surface area contributed by atoms with E-state index in [4.69, 9.17) is 33.0 Å². The summed E-state index contributed by atoms with van der Waals surface area (Å²) in [6.07, 6.45) is 0. The fraction of sp³-hybridized carbons (Fsp3) is 0.167. The van der Waals surface area contributed by atoms with E-state index in [1.165, 1.54) is 0 Å². The molecule has 0 saturated carbocycles. The van der Waals surface area contributed by atoms with Gasteiger partial charge in [0.05, 0.1) is 5.56 Å². The number of hydrogen-bond acceptors (Lipinski definition) is 4. The molecule has 3 aromatic carbocycles. The molecule has 3 rings (SSSR count). The van der Waals surface area contributed by atoms with Gasteiger partial charge in [-0.1, -0.05) is 87.5 Å². The minimum Gasteiger partial charge on any atom is -0.506 e. The van der Waals surface area contributed by atoms with Gasteiger partial charge in [0.15, 0.2) is 0 Å². The average molecular weight is 455 g/mol. The van der Waals surface area contributed by atoms with Crippen LogP contribution < -0.4 is 15.1 Å². The summed E-state index contributed by atoms with van der Waals surface area (Å²) >= 11 is 10.5. The number of carbonyl (C=O) groups excluding carboxylic acids is 1. The third-order valence-corrected chi connectivity index (χ3v) is 9.99. The first-order valence-corrected chi connectivity index (χ1v) is 12.3. The van der Waals surface area contributed by atoms with Crippen molar-refractivity contribution in [3.05, 3.63) is 90.5 Å². The van der Waals surface area contributed by atoms with Gasteiger partial charge in [0.2, 0.25) is 0 Å². The first kappa shape index (κ1) is 22.2. The molecule has 0 aliphatic heterocycles. The van der Waals surface area contributed by atoms with Crippen LogP contribution >= 0.6 is 23.8 Å². The summed E-state index contributed by atoms with van der Waals surface area (Å²) < 4.78 is 11.6. The zero-order valence-electron chi connectivity index (χ0n) is 17.1. The van der Waals surface area contributed by atoms with Gasteiger partial charge in [-0.15, -0.1) is 0 Å². The summed E-state index contributed by atoms with van der Waals surface area (Å²) in [7, 11) is -2.99. The van der Waals surface area contributed by atoms with Gasteiger partial charge < -0.3 is 9.16 Å². The molecule has 0 unspecified atom stereocenters. The van der Waals surface area contributed by atoms with Gasteiger partial charge in [-0.3, -0.25) is 0 Å². The summed E-state index contributed by atoms with van der Waals surface area (Å²) in [4.78, 5) is 13.4. The molecule has 154 valence electrons. The van der Waals surface area contributed by atoms with E-state index in [0.29, 0.717) is 11.3 Å². The molecule has 0 bridgehead atoms. The van der Waals surface area contributed by atoms with Crippen molar-refractivity contribution in [3.63, 3.8) is 0 Å². The lowest BCUT2D eigenvalue weighted by atomic mass is 10.2. The largest absolute Gasteiger partial charge is 0.506 e. The van der Waals surface area contributed by atoms with Crippen LogP contribution in [0.5, 0.6) is 5.75 Å². The maximum atomic E-state index is 13.4. The summed E-state index contributed by atoms with van der Waals surface area (Å²) in [6.45, 7) is 6.37. The van der Waals surface area contributed by atoms with Crippen molar-refractivity contribution in [2.45, 2.75) is 25.8 Å². The Morgan fingerprint density at radius 2 is 1.40 bits per heavy atom. The third-order valence-electron chi connectivity index (χ3n) is 4.93. The van der Waals surface area contributed by atoms with Crippen molar-refractivity contribution >= 4 is 53.0 Å². The van der Waals surface area contributed by atoms with Crippen molar-refractivity contribution in [2.24, 2.45) is 0 Å². The number of hydrogen-bond donors (Lipinski definition) is 0. The Balaban J connectivity index is 2.12. The van der Waals surface area contributed by atoms with Crippen LogP contribution in [-0.4, -0.2) is 18.8 Å². The number of benzene rings is 3. The zero-order valence-corrected chi connectivity index (χ0v) is 19.7. The first-order chi connectivity index (χ1) is 14.2. The molecular weight excluding hydrogens is 432 g/mol. The monoisotopic (exact) mass is 454 g/mol. The maximum absolute atomic E-state index is 13.4. The molecule has 0 aromatic heterocycles. The smallest absolute Gasteiger partial charge is 0.325 e. The topological polar surface area (TPSA) is 35.5 Å². The van der Waals surface area contributed by atoms with E-state index in [9.17, 15) is 4.79 Å². The highest BCUT2D eigenvalue weighted by molar-refractivity contribution is 7.82. The molecule has 0 aliphatic rings. The molecule has 0 fully saturated rings. The summed E-state index contributed by atoms with van der Waals surface area (Å²) in [5.41, 5.74) is 0.383. The highest BCUT2D eigenvalue weighted by atomic mass is 35.5. The molecule has 3 aromatic rings. The van der Waals surface area contributed by atoms with Crippen LogP contribution in [0.25, 0.3) is 0 Å². The van der Waals surface area contributed by atoms with E-state index in [0.717, 1.165) is 10.4 Å². The van der Waals surface area contributed by atoms with Crippen LogP contribution in [0.15, 0.2) is 84.9 Å². The Hall–Kier alpha value is -2.47. The summed E-state index contributed by atoms with van der Waals surface area (Å²) in [5, 5.41) is 1.76. The van der Waals surface area contributed by atoms with Crippen molar-refractivity contribution in [3.8, 4) is 5.75 Å². The Kier molecular flexibility index (Phi) is 6.76. The van der Waals surface area contributed by atoms with Crippen LogP contribution in [-0.2, 0) is 4.43 Å². The Morgan fingerprint density at radius 1 is 0.867 bits per heavy atom. The van der Waals surface area contributed by atoms with Crippen LogP contribution in [0.3, 0.4) is 0 Å². The fourth-order valence-corrected chi connectivity index (χ4v) is 8.14. The summed E-state index contributed by atoms with van der Waals surface area (Å²) in [6, 6.07) is 26.7. The summed E-state index contributed by atoms with van der Waals surface area (Å²) in [5.74, 6) is -0.0119. The van der Waals surface area contributed by atoms with E-state index in [2.05, 4.69) is 20.8 Å². The number of thiocarbonyl (C=S) groups is 1. The van der Waals surface area contributed by atoms with Gasteiger partial charge in [0.25, 0.3) is 4.51 Å². The number of ether oxygens (including phenoxy) is 1. The van der Waals surface area contributed by atoms with E-state index < -0.39 is 14.3 Å². The highest BCUT2D eigenvalue weighted by Crippen LogP contribution is 2.37. The molecule has 3 nitrogen and oxygen atoms in total. The lowest BCUT2D eigenvalue weighted by Gasteiger charge is -2.42. The second kappa shape index (κ2) is 9.12. The normalized spacial score (nSPS) is 11.6. The fourth-order valence-electron chi connectivity index (χ4n) is 3.63. The number of rotatable bonds is 5. The molecule has 0 saturated heterocycles. The van der Waals surface area contributed by atoms with E-state index in [1.54, 1.807) is 24.3 Å². The number of halogens is 1. The Morgan fingerprint density at radius 3 is 1.87 bits per heavy atom. The average Bonchev–Trinajstić information content (AvgIpc) is 2.72. The van der Waals surface area contributed by atoms with E-state index in [-0.39, 0.29) is 9.55 Å². The van der Waals surface area contributed by atoms with Crippen LogP contribution in [0, 0.1) is 0 Å². The second-order valence-electron chi connectivity index (χ2n) is 7.92. The van der Waals surface area contributed by atoms with E-state index >= 15 is 0 Å². The predicted molar refractivity (Wildman–Crippen MR) is 129 cm³/mol. The molecule has 6 heteroatoms. The lowest BCUT2D eigenvalue weighted by Crippen LogP contribution is -2.67. The number of carbonyl (C=O) groups is 1. The van der Waals surface area contributed by atoms with Gasteiger partial charge in [-0.05, 0) is 57.4 Å². The van der Waals surface area contributed by atoms with Gasteiger partial charge in [-0.25, -0.2) is 4.79 Å². The van der Waals surface area contributed by atoms with Crippen LogP contribution in [0.4, 0.5) is 0 Å². The molecule has 0 amide bonds. The minimum atomic E-state index is -2.99. The standard InChI is InChI=1S/C24H23ClO3SSi/c1-24(2,3)30(20-13-6-4-7-14-20,21-15-8-5-9-16-21)28-22(26)18-11-10-12-19(17-18)27-23(25)29/h4-17H,1-3H3. The van der Waals surface area contributed by atoms with Crippen molar-refractivity contribution < 1.29 is 14.0 Å². The van der Waals surface area contributed by atoms with Crippen molar-refractivity contribution in [2.75, 3.05) is 0 Å². The first-order valence-electron chi connectivity index (χ1n) is 9.56. The Labute approximate surface area is 188 Å². The Bertz CT molecular complexity index is 994. The highest BCUT2D eigenvalue weighted by Gasteiger charge is 2.53. The minimum absolute atomic E-state index is 0.132. The molecule has 0 heterocycles. The maximum Gasteiger partial charge on any atom is 0.325 e. The van der Waals surface area contributed by atoms with Crippen molar-refractivity contribution in [1.29, 1.82) is 0 Å². The second-order valence-corrected chi connectivity index (χ2v) is 13.1. The van der Waals surface area contributed by atoms with Gasteiger partial charge in [-0.2, -0.15) is 0 Å². The molecule has 0 atom stereocenters. The molecule has 30 heavy (non-hydrogen) atoms. The molecule has 0 spiro atoms. The quantitative estimate of drug-likeness (QED) is 0.297. The predicted octanol–water partition coefficient (Wildman–Crippen LogP) is 5.31. The van der Waals surface area contributed by atoms with Crippen LogP contribution in [0.2, 0.25) is 5.04 Å².